The number of sulfonamides is 1. The Kier molecular flexibility index (Phi) is 6.19. The van der Waals surface area contributed by atoms with Gasteiger partial charge < -0.3 is 4.74 Å². The highest BCUT2D eigenvalue weighted by atomic mass is 127. The Morgan fingerprint density at radius 2 is 1.93 bits per heavy atom. The first-order valence-electron chi connectivity index (χ1n) is 8.76. The summed E-state index contributed by atoms with van der Waals surface area (Å²) in [5.41, 5.74) is -0.749. The van der Waals surface area contributed by atoms with Crippen LogP contribution in [0.15, 0.2) is 36.9 Å². The third-order valence-electron chi connectivity index (χ3n) is 5.01. The van der Waals surface area contributed by atoms with E-state index in [4.69, 9.17) is 4.74 Å². The summed E-state index contributed by atoms with van der Waals surface area (Å²) >= 11 is 1.93. The molecule has 1 saturated carbocycles. The van der Waals surface area contributed by atoms with E-state index in [1.54, 1.807) is 6.07 Å². The number of halogens is 4. The molecule has 0 saturated heterocycles. The van der Waals surface area contributed by atoms with Gasteiger partial charge in [-0.1, -0.05) is 12.1 Å². The second-order valence-corrected chi connectivity index (χ2v) is 10.2. The van der Waals surface area contributed by atoms with Crippen molar-refractivity contribution in [3.63, 3.8) is 0 Å². The zero-order valence-corrected chi connectivity index (χ0v) is 18.5. The van der Waals surface area contributed by atoms with Gasteiger partial charge in [-0.25, -0.2) is 21.6 Å². The van der Waals surface area contributed by atoms with Gasteiger partial charge in [0, 0.05) is 21.6 Å². The minimum Gasteiger partial charge on any atom is -0.494 e. The summed E-state index contributed by atoms with van der Waals surface area (Å²) in [5, 5.41) is 0. The van der Waals surface area contributed by atoms with Crippen LogP contribution in [0, 0.1) is 21.0 Å². The summed E-state index contributed by atoms with van der Waals surface area (Å²) in [4.78, 5) is 0. The SMILES string of the molecule is C=CCC1(S(=O)(=O)Nc2c(F)cc(OC)c(F)c2Cc2ccc(I)cc2F)CC1. The Labute approximate surface area is 181 Å². The van der Waals surface area contributed by atoms with Gasteiger partial charge in [0.1, 0.15) is 5.82 Å². The van der Waals surface area contributed by atoms with Crippen LogP contribution in [0.25, 0.3) is 0 Å². The van der Waals surface area contributed by atoms with Crippen molar-refractivity contribution in [3.05, 3.63) is 69.1 Å². The van der Waals surface area contributed by atoms with E-state index in [9.17, 15) is 21.6 Å². The molecule has 9 heteroatoms. The van der Waals surface area contributed by atoms with E-state index in [0.29, 0.717) is 16.4 Å². The normalized spacial score (nSPS) is 15.1. The minimum absolute atomic E-state index is 0.102. The summed E-state index contributed by atoms with van der Waals surface area (Å²) < 4.78 is 76.4. The van der Waals surface area contributed by atoms with E-state index >= 15 is 0 Å². The quantitative estimate of drug-likeness (QED) is 0.374. The molecule has 1 fully saturated rings. The minimum atomic E-state index is -4.02. The van der Waals surface area contributed by atoms with Crippen LogP contribution in [-0.4, -0.2) is 20.3 Å². The molecule has 4 nitrogen and oxygen atoms in total. The van der Waals surface area contributed by atoms with Gasteiger partial charge in [-0.2, -0.15) is 0 Å². The summed E-state index contributed by atoms with van der Waals surface area (Å²) in [6.45, 7) is 3.57. The number of anilines is 1. The predicted molar refractivity (Wildman–Crippen MR) is 114 cm³/mol. The lowest BCUT2D eigenvalue weighted by atomic mass is 10.0. The van der Waals surface area contributed by atoms with Crippen LogP contribution in [0.3, 0.4) is 0 Å². The van der Waals surface area contributed by atoms with Gasteiger partial charge in [-0.3, -0.25) is 4.72 Å². The standard InChI is InChI=1S/C20H19F3INO3S/c1-3-6-20(7-8-20)29(26,27)25-19-14(18(23)17(28-2)11-16(19)22)9-12-4-5-13(24)10-15(12)21/h3-5,10-11,25H,1,6-9H2,2H3. The first-order chi connectivity index (χ1) is 13.6. The average molecular weight is 537 g/mol. The highest BCUT2D eigenvalue weighted by Crippen LogP contribution is 2.48. The van der Waals surface area contributed by atoms with E-state index in [2.05, 4.69) is 11.3 Å². The van der Waals surface area contributed by atoms with Crippen LogP contribution < -0.4 is 9.46 Å². The molecule has 2 aromatic rings. The molecule has 1 N–H and O–H groups in total. The molecule has 0 unspecified atom stereocenters. The molecule has 0 heterocycles. The van der Waals surface area contributed by atoms with Gasteiger partial charge in [0.2, 0.25) is 10.0 Å². The van der Waals surface area contributed by atoms with Crippen LogP contribution in [0.2, 0.25) is 0 Å². The Bertz CT molecular complexity index is 1070. The molecular formula is C20H19F3INO3S. The third kappa shape index (κ3) is 4.25. The van der Waals surface area contributed by atoms with Crippen molar-refractivity contribution in [3.8, 4) is 5.75 Å². The maximum atomic E-state index is 15.0. The van der Waals surface area contributed by atoms with Gasteiger partial charge in [0.25, 0.3) is 0 Å². The number of nitrogens with one attached hydrogen (secondary N) is 1. The highest BCUT2D eigenvalue weighted by Gasteiger charge is 2.54. The molecule has 0 spiro atoms. The summed E-state index contributed by atoms with van der Waals surface area (Å²) in [6.07, 6.45) is 2.13. The van der Waals surface area contributed by atoms with Crippen LogP contribution in [-0.2, 0) is 16.4 Å². The number of benzene rings is 2. The summed E-state index contributed by atoms with van der Waals surface area (Å²) in [5.74, 6) is -2.93. The van der Waals surface area contributed by atoms with Crippen molar-refractivity contribution >= 4 is 38.3 Å². The summed E-state index contributed by atoms with van der Waals surface area (Å²) in [7, 11) is -2.85. The fourth-order valence-corrected chi connectivity index (χ4v) is 5.30. The molecular weight excluding hydrogens is 518 g/mol. The molecule has 29 heavy (non-hydrogen) atoms. The number of methoxy groups -OCH3 is 1. The number of allylic oxidation sites excluding steroid dienone is 1. The summed E-state index contributed by atoms with van der Waals surface area (Å²) in [6, 6.07) is 5.11. The molecule has 0 atom stereocenters. The van der Waals surface area contributed by atoms with Crippen molar-refractivity contribution in [2.45, 2.75) is 30.4 Å². The molecule has 0 bridgehead atoms. The maximum Gasteiger partial charge on any atom is 0.238 e. The fraction of sp³-hybridized carbons (Fsp3) is 0.300. The molecule has 1 aliphatic rings. The van der Waals surface area contributed by atoms with Crippen LogP contribution in [0.4, 0.5) is 18.9 Å². The second-order valence-electron chi connectivity index (χ2n) is 6.92. The molecule has 0 aliphatic heterocycles. The van der Waals surface area contributed by atoms with Crippen molar-refractivity contribution in [2.24, 2.45) is 0 Å². The number of hydrogen-bond donors (Lipinski definition) is 1. The average Bonchev–Trinajstić information content (AvgIpc) is 3.44. The Balaban J connectivity index is 2.09. The molecule has 0 amide bonds. The van der Waals surface area contributed by atoms with E-state index in [1.807, 2.05) is 22.6 Å². The Morgan fingerprint density at radius 3 is 2.48 bits per heavy atom. The molecule has 0 aromatic heterocycles. The van der Waals surface area contributed by atoms with Crippen LogP contribution >= 0.6 is 22.6 Å². The van der Waals surface area contributed by atoms with E-state index in [1.165, 1.54) is 25.3 Å². The topological polar surface area (TPSA) is 55.4 Å². The second kappa shape index (κ2) is 8.17. The van der Waals surface area contributed by atoms with Gasteiger partial charge in [-0.15, -0.1) is 6.58 Å². The first kappa shape index (κ1) is 21.9. The predicted octanol–water partition coefficient (Wildman–Crippen LogP) is 5.16. The zero-order valence-electron chi connectivity index (χ0n) is 15.6. The highest BCUT2D eigenvalue weighted by molar-refractivity contribution is 14.1. The van der Waals surface area contributed by atoms with Crippen molar-refractivity contribution in [2.75, 3.05) is 11.8 Å². The molecule has 0 radical (unpaired) electrons. The lowest BCUT2D eigenvalue weighted by Gasteiger charge is -2.20. The Hall–Kier alpha value is -1.75. The lowest BCUT2D eigenvalue weighted by molar-refractivity contribution is 0.381. The lowest BCUT2D eigenvalue weighted by Crippen LogP contribution is -2.30. The van der Waals surface area contributed by atoms with E-state index in [0.717, 1.165) is 6.07 Å². The van der Waals surface area contributed by atoms with Gasteiger partial charge in [0.05, 0.1) is 17.5 Å². The maximum absolute atomic E-state index is 15.0. The van der Waals surface area contributed by atoms with Gasteiger partial charge in [-0.05, 0) is 59.5 Å². The number of hydrogen-bond acceptors (Lipinski definition) is 3. The molecule has 2 aromatic carbocycles. The molecule has 3 rings (SSSR count). The third-order valence-corrected chi connectivity index (χ3v) is 7.87. The van der Waals surface area contributed by atoms with Crippen molar-refractivity contribution in [1.29, 1.82) is 0 Å². The van der Waals surface area contributed by atoms with Gasteiger partial charge >= 0.3 is 0 Å². The Morgan fingerprint density at radius 1 is 1.24 bits per heavy atom. The van der Waals surface area contributed by atoms with E-state index < -0.39 is 43.7 Å². The van der Waals surface area contributed by atoms with Crippen LogP contribution in [0.1, 0.15) is 30.4 Å². The largest absolute Gasteiger partial charge is 0.494 e. The van der Waals surface area contributed by atoms with Gasteiger partial charge in [0.15, 0.2) is 17.4 Å². The van der Waals surface area contributed by atoms with Crippen molar-refractivity contribution in [1.82, 2.24) is 0 Å². The molecule has 156 valence electrons. The monoisotopic (exact) mass is 537 g/mol. The first-order valence-corrected chi connectivity index (χ1v) is 11.3. The van der Waals surface area contributed by atoms with E-state index in [-0.39, 0.29) is 24.0 Å². The smallest absolute Gasteiger partial charge is 0.238 e. The zero-order chi connectivity index (χ0) is 21.4. The van der Waals surface area contributed by atoms with Crippen LogP contribution in [0.5, 0.6) is 5.75 Å². The van der Waals surface area contributed by atoms with Crippen molar-refractivity contribution < 1.29 is 26.3 Å². The fourth-order valence-electron chi connectivity index (χ4n) is 3.16. The number of ether oxygens (including phenoxy) is 1. The number of rotatable bonds is 8. The molecule has 1 aliphatic carbocycles.